The number of allylic oxidation sites excluding steroid dienone is 2. The Balaban J connectivity index is 1.68. The van der Waals surface area contributed by atoms with Crippen LogP contribution in [0.25, 0.3) is 0 Å². The van der Waals surface area contributed by atoms with Crippen molar-refractivity contribution in [1.29, 1.82) is 0 Å². The molecule has 37 heavy (non-hydrogen) atoms. The summed E-state index contributed by atoms with van der Waals surface area (Å²) < 4.78 is 11.1. The first-order valence-corrected chi connectivity index (χ1v) is 11.4. The molecule has 3 heterocycles. The highest BCUT2D eigenvalue weighted by atomic mass is 16.6. The van der Waals surface area contributed by atoms with Gasteiger partial charge in [-0.2, -0.15) is 0 Å². The number of dihydropyridines is 1. The Morgan fingerprint density at radius 3 is 1.73 bits per heavy atom. The number of nitrogens with zero attached hydrogens (tertiary/aromatic N) is 3. The molecule has 0 atom stereocenters. The van der Waals surface area contributed by atoms with Gasteiger partial charge in [0.25, 0.3) is 5.69 Å². The molecule has 0 fully saturated rings. The van der Waals surface area contributed by atoms with Crippen LogP contribution in [0.3, 0.4) is 0 Å². The summed E-state index contributed by atoms with van der Waals surface area (Å²) >= 11 is 0. The molecule has 1 aliphatic rings. The number of hydrogen-bond donors (Lipinski definition) is 1. The van der Waals surface area contributed by atoms with E-state index in [2.05, 4.69) is 15.3 Å². The highest BCUT2D eigenvalue weighted by molar-refractivity contribution is 5.99. The summed E-state index contributed by atoms with van der Waals surface area (Å²) in [7, 11) is 0. The predicted molar refractivity (Wildman–Crippen MR) is 132 cm³/mol. The monoisotopic (exact) mass is 500 g/mol. The van der Waals surface area contributed by atoms with Gasteiger partial charge in [0.1, 0.15) is 13.2 Å². The Morgan fingerprint density at radius 1 is 0.838 bits per heavy atom. The lowest BCUT2D eigenvalue weighted by Gasteiger charge is -2.30. The fourth-order valence-electron chi connectivity index (χ4n) is 4.06. The van der Waals surface area contributed by atoms with E-state index in [1.807, 2.05) is 0 Å². The molecular formula is C27H24N4O6. The maximum Gasteiger partial charge on any atom is 0.337 e. The molecule has 0 radical (unpaired) electrons. The molecule has 0 unspecified atom stereocenters. The molecule has 0 saturated carbocycles. The maximum atomic E-state index is 13.4. The van der Waals surface area contributed by atoms with E-state index in [-0.39, 0.29) is 30.0 Å². The Labute approximate surface area is 212 Å². The van der Waals surface area contributed by atoms with Crippen molar-refractivity contribution in [3.63, 3.8) is 0 Å². The molecule has 1 N–H and O–H groups in total. The van der Waals surface area contributed by atoms with Crippen LogP contribution in [-0.4, -0.2) is 26.8 Å². The molecule has 3 aromatic rings. The highest BCUT2D eigenvalue weighted by Gasteiger charge is 2.38. The van der Waals surface area contributed by atoms with Crippen LogP contribution in [0.1, 0.15) is 36.7 Å². The quantitative estimate of drug-likeness (QED) is 0.275. The van der Waals surface area contributed by atoms with Crippen molar-refractivity contribution in [2.45, 2.75) is 33.0 Å². The van der Waals surface area contributed by atoms with E-state index in [0.717, 1.165) is 0 Å². The van der Waals surface area contributed by atoms with Crippen molar-refractivity contribution >= 4 is 17.6 Å². The van der Waals surface area contributed by atoms with Crippen molar-refractivity contribution in [1.82, 2.24) is 15.3 Å². The van der Waals surface area contributed by atoms with Gasteiger partial charge >= 0.3 is 11.9 Å². The summed E-state index contributed by atoms with van der Waals surface area (Å²) in [5.41, 5.74) is 2.89. The van der Waals surface area contributed by atoms with Crippen LogP contribution in [0.15, 0.2) is 95.6 Å². The SMILES string of the molecule is CC1=C(C(=O)OCc2ccccn2)C(c2ccc([N+](=O)[O-])cc2)C(C(=O)OCc2ccccn2)=C(C)N1. The molecule has 0 bridgehead atoms. The third-order valence-electron chi connectivity index (χ3n) is 5.79. The van der Waals surface area contributed by atoms with Gasteiger partial charge < -0.3 is 14.8 Å². The minimum absolute atomic E-state index is 0.0639. The number of rotatable bonds is 8. The number of non-ortho nitro benzene ring substituents is 1. The standard InChI is InChI=1S/C27H24N4O6/c1-17-23(26(32)36-15-20-7-3-5-13-28-20)25(19-9-11-22(12-10-19)31(34)35)24(18(2)30-17)27(33)37-16-21-8-4-6-14-29-21/h3-14,25,30H,15-16H2,1-2H3. The fraction of sp³-hybridized carbons (Fsp3) is 0.185. The van der Waals surface area contributed by atoms with Crippen molar-refractivity contribution in [3.05, 3.63) is 123 Å². The summed E-state index contributed by atoms with van der Waals surface area (Å²) in [4.78, 5) is 45.7. The van der Waals surface area contributed by atoms with Crippen LogP contribution >= 0.6 is 0 Å². The lowest BCUT2D eigenvalue weighted by atomic mass is 9.80. The minimum Gasteiger partial charge on any atom is -0.456 e. The first-order valence-electron chi connectivity index (χ1n) is 11.4. The highest BCUT2D eigenvalue weighted by Crippen LogP contribution is 2.40. The molecular weight excluding hydrogens is 476 g/mol. The smallest absolute Gasteiger partial charge is 0.337 e. The zero-order valence-corrected chi connectivity index (χ0v) is 20.2. The molecule has 0 spiro atoms. The van der Waals surface area contributed by atoms with Gasteiger partial charge in [-0.05, 0) is 43.7 Å². The number of carbonyl (C=O) groups is 2. The van der Waals surface area contributed by atoms with Crippen LogP contribution in [0, 0.1) is 10.1 Å². The van der Waals surface area contributed by atoms with Crippen molar-refractivity contribution < 1.29 is 24.0 Å². The van der Waals surface area contributed by atoms with E-state index in [0.29, 0.717) is 28.3 Å². The van der Waals surface area contributed by atoms with Gasteiger partial charge in [-0.1, -0.05) is 24.3 Å². The summed E-state index contributed by atoms with van der Waals surface area (Å²) in [6, 6.07) is 16.2. The third kappa shape index (κ3) is 5.87. The summed E-state index contributed by atoms with van der Waals surface area (Å²) in [5, 5.41) is 14.3. The van der Waals surface area contributed by atoms with E-state index < -0.39 is 22.8 Å². The Morgan fingerprint density at radius 2 is 1.32 bits per heavy atom. The lowest BCUT2D eigenvalue weighted by Crippen LogP contribution is -2.32. The van der Waals surface area contributed by atoms with Gasteiger partial charge in [0.2, 0.25) is 0 Å². The zero-order valence-electron chi connectivity index (χ0n) is 20.2. The summed E-state index contributed by atoms with van der Waals surface area (Å²) in [6.07, 6.45) is 3.19. The molecule has 0 aliphatic carbocycles. The minimum atomic E-state index is -0.880. The second kappa shape index (κ2) is 11.3. The number of ether oxygens (including phenoxy) is 2. The summed E-state index contributed by atoms with van der Waals surface area (Å²) in [5.74, 6) is -2.18. The molecule has 2 aromatic heterocycles. The van der Waals surface area contributed by atoms with E-state index in [9.17, 15) is 19.7 Å². The molecule has 10 nitrogen and oxygen atoms in total. The molecule has 0 amide bonds. The molecule has 188 valence electrons. The average Bonchev–Trinajstić information content (AvgIpc) is 2.91. The van der Waals surface area contributed by atoms with Crippen LogP contribution < -0.4 is 5.32 Å². The third-order valence-corrected chi connectivity index (χ3v) is 5.79. The van der Waals surface area contributed by atoms with Crippen molar-refractivity contribution in [2.24, 2.45) is 0 Å². The number of pyridine rings is 2. The van der Waals surface area contributed by atoms with Gasteiger partial charge in [0.15, 0.2) is 0 Å². The van der Waals surface area contributed by atoms with Gasteiger partial charge in [-0.25, -0.2) is 9.59 Å². The van der Waals surface area contributed by atoms with Gasteiger partial charge in [0.05, 0.1) is 33.4 Å². The number of nitro groups is 1. The Hall–Kier alpha value is -4.86. The summed E-state index contributed by atoms with van der Waals surface area (Å²) in [6.45, 7) is 3.28. The maximum absolute atomic E-state index is 13.4. The van der Waals surface area contributed by atoms with Crippen LogP contribution in [-0.2, 0) is 32.3 Å². The molecule has 4 rings (SSSR count). The van der Waals surface area contributed by atoms with Crippen molar-refractivity contribution in [3.8, 4) is 0 Å². The largest absolute Gasteiger partial charge is 0.456 e. The van der Waals surface area contributed by atoms with Crippen LogP contribution in [0.5, 0.6) is 0 Å². The van der Waals surface area contributed by atoms with Crippen LogP contribution in [0.4, 0.5) is 5.69 Å². The Kier molecular flexibility index (Phi) is 7.68. The van der Waals surface area contributed by atoms with Gasteiger partial charge in [0, 0.05) is 35.9 Å². The second-order valence-electron chi connectivity index (χ2n) is 8.28. The lowest BCUT2D eigenvalue weighted by molar-refractivity contribution is -0.384. The Bertz CT molecular complexity index is 1290. The normalized spacial score (nSPS) is 13.7. The van der Waals surface area contributed by atoms with E-state index in [1.165, 1.54) is 24.3 Å². The number of nitrogens with one attached hydrogen (secondary N) is 1. The molecule has 10 heteroatoms. The average molecular weight is 501 g/mol. The number of carbonyl (C=O) groups excluding carboxylic acids is 2. The predicted octanol–water partition coefficient (Wildman–Crippen LogP) is 4.11. The molecule has 0 saturated heterocycles. The number of hydrogen-bond acceptors (Lipinski definition) is 9. The number of benzene rings is 1. The van der Waals surface area contributed by atoms with Gasteiger partial charge in [-0.3, -0.25) is 20.1 Å². The number of aromatic nitrogens is 2. The van der Waals surface area contributed by atoms with E-state index in [1.54, 1.807) is 62.6 Å². The molecule has 1 aromatic carbocycles. The van der Waals surface area contributed by atoms with Crippen LogP contribution in [0.2, 0.25) is 0 Å². The van der Waals surface area contributed by atoms with Gasteiger partial charge in [-0.15, -0.1) is 0 Å². The fourth-order valence-corrected chi connectivity index (χ4v) is 4.06. The van der Waals surface area contributed by atoms with Crippen molar-refractivity contribution in [2.75, 3.05) is 0 Å². The first-order chi connectivity index (χ1) is 17.8. The zero-order chi connectivity index (χ0) is 26.4. The van der Waals surface area contributed by atoms with E-state index in [4.69, 9.17) is 9.47 Å². The first kappa shape index (κ1) is 25.2. The van der Waals surface area contributed by atoms with E-state index >= 15 is 0 Å². The topological polar surface area (TPSA) is 134 Å². The number of nitro benzene ring substituents is 1. The molecule has 1 aliphatic heterocycles. The number of esters is 2. The second-order valence-corrected chi connectivity index (χ2v) is 8.28.